The highest BCUT2D eigenvalue weighted by atomic mass is 16.3. The molecule has 100 valence electrons. The Bertz CT molecular complexity index is 459. The molecule has 1 saturated carbocycles. The molecule has 0 spiro atoms. The second-order valence-electron chi connectivity index (χ2n) is 5.50. The van der Waals surface area contributed by atoms with Crippen LogP contribution in [0.4, 0.5) is 0 Å². The van der Waals surface area contributed by atoms with Gasteiger partial charge in [-0.15, -0.1) is 0 Å². The molecule has 4 heteroatoms. The van der Waals surface area contributed by atoms with E-state index in [1.54, 1.807) is 4.90 Å². The van der Waals surface area contributed by atoms with E-state index in [2.05, 4.69) is 0 Å². The fraction of sp³-hybridized carbons (Fsp3) is 0.643. The number of carbonyl (C=O) groups excluding carboxylic acids is 1. The van der Waals surface area contributed by atoms with E-state index in [4.69, 9.17) is 10.2 Å². The SMILES string of the molecule is Cc1oc(C)c(C(=O)N(C)CC2CC(N)C2)c1C. The van der Waals surface area contributed by atoms with Crippen LogP contribution in [-0.2, 0) is 0 Å². The number of aryl methyl sites for hydroxylation is 2. The molecule has 0 aliphatic heterocycles. The molecule has 1 aliphatic carbocycles. The molecule has 18 heavy (non-hydrogen) atoms. The molecular weight excluding hydrogens is 228 g/mol. The molecule has 0 atom stereocenters. The van der Waals surface area contributed by atoms with E-state index in [0.29, 0.717) is 17.7 Å². The summed E-state index contributed by atoms with van der Waals surface area (Å²) in [6, 6.07) is 0.332. The first-order valence-electron chi connectivity index (χ1n) is 6.47. The van der Waals surface area contributed by atoms with Crippen molar-refractivity contribution in [3.05, 3.63) is 22.6 Å². The van der Waals surface area contributed by atoms with Gasteiger partial charge in [-0.3, -0.25) is 4.79 Å². The van der Waals surface area contributed by atoms with E-state index in [9.17, 15) is 4.79 Å². The zero-order valence-electron chi connectivity index (χ0n) is 11.6. The molecule has 0 aromatic carbocycles. The van der Waals surface area contributed by atoms with E-state index >= 15 is 0 Å². The van der Waals surface area contributed by atoms with Crippen molar-refractivity contribution in [2.24, 2.45) is 11.7 Å². The van der Waals surface area contributed by atoms with Gasteiger partial charge >= 0.3 is 0 Å². The fourth-order valence-corrected chi connectivity index (χ4v) is 2.71. The number of furan rings is 1. The number of nitrogens with two attached hydrogens (primary N) is 1. The van der Waals surface area contributed by atoms with Crippen LogP contribution in [0.2, 0.25) is 0 Å². The molecule has 1 aromatic rings. The average Bonchev–Trinajstić information content (AvgIpc) is 2.50. The van der Waals surface area contributed by atoms with Crippen molar-refractivity contribution in [1.29, 1.82) is 0 Å². The van der Waals surface area contributed by atoms with Crippen LogP contribution in [-0.4, -0.2) is 30.4 Å². The normalized spacial score (nSPS) is 22.7. The Kier molecular flexibility index (Phi) is 3.48. The lowest BCUT2D eigenvalue weighted by Gasteiger charge is -2.35. The largest absolute Gasteiger partial charge is 0.466 e. The van der Waals surface area contributed by atoms with Crippen molar-refractivity contribution in [1.82, 2.24) is 4.90 Å². The third kappa shape index (κ3) is 2.29. The Hall–Kier alpha value is -1.29. The molecule has 0 radical (unpaired) electrons. The summed E-state index contributed by atoms with van der Waals surface area (Å²) >= 11 is 0. The van der Waals surface area contributed by atoms with Crippen LogP contribution in [0.5, 0.6) is 0 Å². The molecule has 0 bridgehead atoms. The topological polar surface area (TPSA) is 59.5 Å². The number of hydrogen-bond donors (Lipinski definition) is 1. The maximum atomic E-state index is 12.4. The van der Waals surface area contributed by atoms with Crippen LogP contribution in [0.15, 0.2) is 4.42 Å². The lowest BCUT2D eigenvalue weighted by atomic mass is 9.80. The summed E-state index contributed by atoms with van der Waals surface area (Å²) in [7, 11) is 1.85. The van der Waals surface area contributed by atoms with Gasteiger partial charge in [-0.25, -0.2) is 0 Å². The average molecular weight is 250 g/mol. The lowest BCUT2D eigenvalue weighted by molar-refractivity contribution is 0.0732. The quantitative estimate of drug-likeness (QED) is 0.892. The van der Waals surface area contributed by atoms with Gasteiger partial charge in [-0.1, -0.05) is 0 Å². The third-order valence-electron chi connectivity index (χ3n) is 3.93. The summed E-state index contributed by atoms with van der Waals surface area (Å²) in [4.78, 5) is 14.2. The molecule has 1 aromatic heterocycles. The molecule has 1 heterocycles. The van der Waals surface area contributed by atoms with E-state index in [1.807, 2.05) is 27.8 Å². The van der Waals surface area contributed by atoms with Crippen molar-refractivity contribution in [2.45, 2.75) is 39.7 Å². The predicted molar refractivity (Wildman–Crippen MR) is 70.6 cm³/mol. The number of rotatable bonds is 3. The summed E-state index contributed by atoms with van der Waals surface area (Å²) in [6.45, 7) is 6.46. The molecule has 1 fully saturated rings. The zero-order chi connectivity index (χ0) is 13.4. The van der Waals surface area contributed by atoms with Crippen LogP contribution < -0.4 is 5.73 Å². The van der Waals surface area contributed by atoms with Crippen LogP contribution in [0.25, 0.3) is 0 Å². The molecule has 1 amide bonds. The van der Waals surface area contributed by atoms with Crippen molar-refractivity contribution < 1.29 is 9.21 Å². The molecule has 0 saturated heterocycles. The summed E-state index contributed by atoms with van der Waals surface area (Å²) in [5.41, 5.74) is 7.44. The maximum Gasteiger partial charge on any atom is 0.257 e. The van der Waals surface area contributed by atoms with Crippen LogP contribution in [0, 0.1) is 26.7 Å². The summed E-state index contributed by atoms with van der Waals surface area (Å²) in [6.07, 6.45) is 2.06. The molecule has 0 unspecified atom stereocenters. The number of nitrogens with zero attached hydrogens (tertiary/aromatic N) is 1. The van der Waals surface area contributed by atoms with Crippen molar-refractivity contribution in [2.75, 3.05) is 13.6 Å². The molecule has 2 N–H and O–H groups in total. The second-order valence-corrected chi connectivity index (χ2v) is 5.50. The highest BCUT2D eigenvalue weighted by molar-refractivity contribution is 5.96. The highest BCUT2D eigenvalue weighted by Crippen LogP contribution is 2.27. The molecule has 4 nitrogen and oxygen atoms in total. The lowest BCUT2D eigenvalue weighted by Crippen LogP contribution is -2.43. The number of carbonyl (C=O) groups is 1. The monoisotopic (exact) mass is 250 g/mol. The summed E-state index contributed by atoms with van der Waals surface area (Å²) in [5, 5.41) is 0. The van der Waals surface area contributed by atoms with Crippen molar-refractivity contribution in [3.63, 3.8) is 0 Å². The standard InChI is InChI=1S/C14H22N2O2/c1-8-9(2)18-10(3)13(8)14(17)16(4)7-11-5-12(15)6-11/h11-12H,5-7,15H2,1-4H3. The molecule has 1 aliphatic rings. The van der Waals surface area contributed by atoms with Crippen molar-refractivity contribution >= 4 is 5.91 Å². The van der Waals surface area contributed by atoms with Crippen LogP contribution >= 0.6 is 0 Å². The predicted octanol–water partition coefficient (Wildman–Crippen LogP) is 2.01. The highest BCUT2D eigenvalue weighted by Gasteiger charge is 2.29. The number of hydrogen-bond acceptors (Lipinski definition) is 3. The minimum absolute atomic E-state index is 0.0577. The van der Waals surface area contributed by atoms with E-state index in [1.165, 1.54) is 0 Å². The first-order chi connectivity index (χ1) is 8.40. The minimum Gasteiger partial charge on any atom is -0.466 e. The van der Waals surface area contributed by atoms with Gasteiger partial charge in [-0.05, 0) is 39.5 Å². The Morgan fingerprint density at radius 1 is 1.33 bits per heavy atom. The van der Waals surface area contributed by atoms with Crippen LogP contribution in [0.1, 0.15) is 40.3 Å². The van der Waals surface area contributed by atoms with Gasteiger partial charge in [0.25, 0.3) is 5.91 Å². The van der Waals surface area contributed by atoms with Gasteiger partial charge in [0.2, 0.25) is 0 Å². The second kappa shape index (κ2) is 4.76. The van der Waals surface area contributed by atoms with Crippen molar-refractivity contribution in [3.8, 4) is 0 Å². The Balaban J connectivity index is 2.06. The Morgan fingerprint density at radius 3 is 2.39 bits per heavy atom. The van der Waals surface area contributed by atoms with Gasteiger partial charge in [0.15, 0.2) is 0 Å². The smallest absolute Gasteiger partial charge is 0.257 e. The van der Waals surface area contributed by atoms with Gasteiger partial charge in [0.1, 0.15) is 11.5 Å². The molecular formula is C14H22N2O2. The third-order valence-corrected chi connectivity index (χ3v) is 3.93. The van der Waals surface area contributed by atoms with E-state index in [-0.39, 0.29) is 5.91 Å². The van der Waals surface area contributed by atoms with Gasteiger partial charge in [0.05, 0.1) is 5.56 Å². The fourth-order valence-electron chi connectivity index (χ4n) is 2.71. The Labute approximate surface area is 108 Å². The summed E-state index contributed by atoms with van der Waals surface area (Å²) < 4.78 is 5.51. The maximum absolute atomic E-state index is 12.4. The first-order valence-corrected chi connectivity index (χ1v) is 6.47. The van der Waals surface area contributed by atoms with Gasteiger partial charge in [-0.2, -0.15) is 0 Å². The van der Waals surface area contributed by atoms with Gasteiger partial charge < -0.3 is 15.1 Å². The molecule has 2 rings (SSSR count). The Morgan fingerprint density at radius 2 is 1.94 bits per heavy atom. The number of amides is 1. The van der Waals surface area contributed by atoms with Crippen LogP contribution in [0.3, 0.4) is 0 Å². The summed E-state index contributed by atoms with van der Waals surface area (Å²) in [5.74, 6) is 2.16. The zero-order valence-corrected chi connectivity index (χ0v) is 11.6. The van der Waals surface area contributed by atoms with E-state index < -0.39 is 0 Å². The first kappa shape index (κ1) is 13.1. The van der Waals surface area contributed by atoms with E-state index in [0.717, 1.165) is 36.3 Å². The van der Waals surface area contributed by atoms with Gasteiger partial charge in [0, 0.05) is 25.2 Å². The minimum atomic E-state index is 0.0577.